The number of nitrogens with two attached hydrogens (primary N) is 1. The molecule has 0 aliphatic carbocycles. The van der Waals surface area contributed by atoms with E-state index in [4.69, 9.17) is 28.9 Å². The third-order valence-corrected chi connectivity index (χ3v) is 4.48. The predicted octanol–water partition coefficient (Wildman–Crippen LogP) is 3.69. The molecule has 1 aliphatic rings. The highest BCUT2D eigenvalue weighted by molar-refractivity contribution is 6.39. The van der Waals surface area contributed by atoms with Crippen molar-refractivity contribution in [3.05, 3.63) is 28.0 Å². The summed E-state index contributed by atoms with van der Waals surface area (Å²) >= 11 is 12.2. The van der Waals surface area contributed by atoms with Crippen LogP contribution in [0.1, 0.15) is 20.3 Å². The van der Waals surface area contributed by atoms with Gasteiger partial charge in [0.2, 0.25) is 0 Å². The van der Waals surface area contributed by atoms with E-state index in [0.29, 0.717) is 21.7 Å². The van der Waals surface area contributed by atoms with Gasteiger partial charge in [-0.2, -0.15) is 0 Å². The number of nitrogens with zero attached hydrogens (tertiary/aromatic N) is 1. The van der Waals surface area contributed by atoms with E-state index >= 15 is 0 Å². The van der Waals surface area contributed by atoms with Crippen LogP contribution in [0.4, 0.5) is 10.1 Å². The molecule has 0 saturated carbocycles. The average molecular weight is 291 g/mol. The normalized spacial score (nSPS) is 28.6. The van der Waals surface area contributed by atoms with Gasteiger partial charge in [-0.05, 0) is 31.4 Å². The van der Waals surface area contributed by atoms with Crippen molar-refractivity contribution in [2.45, 2.75) is 32.4 Å². The molecule has 2 N–H and O–H groups in total. The van der Waals surface area contributed by atoms with E-state index in [1.165, 1.54) is 12.1 Å². The second-order valence-corrected chi connectivity index (χ2v) is 5.78. The standard InChI is InChI=1S/C13H17Cl2FN2/c1-7-8(2)18(4-3-12(7)17)13-10(14)5-9(16)6-11(13)15/h5-8,12H,3-4,17H2,1-2H3. The summed E-state index contributed by atoms with van der Waals surface area (Å²) in [6, 6.07) is 3.02. The van der Waals surface area contributed by atoms with Gasteiger partial charge in [-0.15, -0.1) is 0 Å². The third-order valence-electron chi connectivity index (χ3n) is 3.90. The first-order valence-electron chi connectivity index (χ1n) is 6.08. The highest BCUT2D eigenvalue weighted by atomic mass is 35.5. The zero-order valence-corrected chi connectivity index (χ0v) is 12.0. The molecule has 5 heteroatoms. The van der Waals surface area contributed by atoms with Crippen LogP contribution in [-0.2, 0) is 0 Å². The molecule has 0 bridgehead atoms. The van der Waals surface area contributed by atoms with Gasteiger partial charge in [0.15, 0.2) is 0 Å². The molecule has 1 aromatic rings. The Labute approximate surface area is 117 Å². The minimum Gasteiger partial charge on any atom is -0.366 e. The van der Waals surface area contributed by atoms with Crippen molar-refractivity contribution < 1.29 is 4.39 Å². The quantitative estimate of drug-likeness (QED) is 0.855. The van der Waals surface area contributed by atoms with Crippen molar-refractivity contribution >= 4 is 28.9 Å². The highest BCUT2D eigenvalue weighted by Crippen LogP contribution is 2.38. The molecular formula is C13H17Cl2FN2. The first-order valence-corrected chi connectivity index (χ1v) is 6.84. The van der Waals surface area contributed by atoms with Crippen LogP contribution in [0.3, 0.4) is 0 Å². The predicted molar refractivity (Wildman–Crippen MR) is 75.0 cm³/mol. The number of benzene rings is 1. The molecule has 1 saturated heterocycles. The summed E-state index contributed by atoms with van der Waals surface area (Å²) < 4.78 is 13.2. The molecule has 3 atom stereocenters. The largest absolute Gasteiger partial charge is 0.366 e. The number of piperidine rings is 1. The molecule has 1 aliphatic heterocycles. The van der Waals surface area contributed by atoms with Gasteiger partial charge >= 0.3 is 0 Å². The van der Waals surface area contributed by atoms with Crippen molar-refractivity contribution in [3.63, 3.8) is 0 Å². The maximum atomic E-state index is 13.2. The molecule has 1 fully saturated rings. The van der Waals surface area contributed by atoms with E-state index < -0.39 is 5.82 Å². The van der Waals surface area contributed by atoms with E-state index in [0.717, 1.165) is 13.0 Å². The lowest BCUT2D eigenvalue weighted by Crippen LogP contribution is -2.52. The van der Waals surface area contributed by atoms with E-state index in [1.54, 1.807) is 0 Å². The van der Waals surface area contributed by atoms with Crippen molar-refractivity contribution in [1.82, 2.24) is 0 Å². The first kappa shape index (κ1) is 13.9. The van der Waals surface area contributed by atoms with Gasteiger partial charge < -0.3 is 10.6 Å². The summed E-state index contributed by atoms with van der Waals surface area (Å²) in [4.78, 5) is 2.12. The fourth-order valence-corrected chi connectivity index (χ4v) is 3.20. The summed E-state index contributed by atoms with van der Waals surface area (Å²) in [5.74, 6) is -0.0703. The van der Waals surface area contributed by atoms with E-state index in [2.05, 4.69) is 18.7 Å². The van der Waals surface area contributed by atoms with Crippen LogP contribution in [0.25, 0.3) is 0 Å². The Morgan fingerprint density at radius 3 is 2.39 bits per heavy atom. The van der Waals surface area contributed by atoms with Gasteiger partial charge in [-0.25, -0.2) is 4.39 Å². The minimum atomic E-state index is -0.414. The Kier molecular flexibility index (Phi) is 4.05. The fraction of sp³-hybridized carbons (Fsp3) is 0.538. The van der Waals surface area contributed by atoms with E-state index in [9.17, 15) is 4.39 Å². The van der Waals surface area contributed by atoms with Gasteiger partial charge in [0.25, 0.3) is 0 Å². The summed E-state index contributed by atoms with van der Waals surface area (Å²) in [5, 5.41) is 0.712. The monoisotopic (exact) mass is 290 g/mol. The van der Waals surface area contributed by atoms with Crippen LogP contribution in [-0.4, -0.2) is 18.6 Å². The molecule has 2 rings (SSSR count). The van der Waals surface area contributed by atoms with E-state index in [-0.39, 0.29) is 12.1 Å². The van der Waals surface area contributed by atoms with Gasteiger partial charge in [-0.1, -0.05) is 30.1 Å². The number of halogens is 3. The van der Waals surface area contributed by atoms with Gasteiger partial charge in [0, 0.05) is 18.6 Å². The maximum absolute atomic E-state index is 13.2. The Morgan fingerprint density at radius 1 is 1.28 bits per heavy atom. The first-order chi connectivity index (χ1) is 8.41. The van der Waals surface area contributed by atoms with Crippen LogP contribution < -0.4 is 10.6 Å². The fourth-order valence-electron chi connectivity index (χ4n) is 2.52. The summed E-state index contributed by atoms with van der Waals surface area (Å²) in [6.45, 7) is 5.00. The lowest BCUT2D eigenvalue weighted by Gasteiger charge is -2.43. The van der Waals surface area contributed by atoms with Crippen LogP contribution in [0, 0.1) is 11.7 Å². The third kappa shape index (κ3) is 2.44. The molecule has 0 amide bonds. The van der Waals surface area contributed by atoms with Crippen LogP contribution in [0.2, 0.25) is 10.0 Å². The van der Waals surface area contributed by atoms with Crippen LogP contribution >= 0.6 is 23.2 Å². The van der Waals surface area contributed by atoms with Crippen molar-refractivity contribution in [2.24, 2.45) is 11.7 Å². The maximum Gasteiger partial charge on any atom is 0.126 e. The average Bonchev–Trinajstić information content (AvgIpc) is 2.28. The SMILES string of the molecule is CC1C(N)CCN(c2c(Cl)cc(F)cc2Cl)C1C. The van der Waals surface area contributed by atoms with Crippen molar-refractivity contribution in [2.75, 3.05) is 11.4 Å². The van der Waals surface area contributed by atoms with E-state index in [1.807, 2.05) is 0 Å². The Hall–Kier alpha value is -0.510. The summed E-state index contributed by atoms with van der Waals surface area (Å²) in [6.07, 6.45) is 0.884. The molecule has 2 nitrogen and oxygen atoms in total. The van der Waals surface area contributed by atoms with Crippen molar-refractivity contribution in [1.29, 1.82) is 0 Å². The number of hydrogen-bond acceptors (Lipinski definition) is 2. The number of rotatable bonds is 1. The molecule has 100 valence electrons. The number of hydrogen-bond donors (Lipinski definition) is 1. The van der Waals surface area contributed by atoms with Crippen molar-refractivity contribution in [3.8, 4) is 0 Å². The van der Waals surface area contributed by atoms with Crippen LogP contribution in [0.5, 0.6) is 0 Å². The second-order valence-electron chi connectivity index (χ2n) is 4.96. The topological polar surface area (TPSA) is 29.3 Å². The zero-order chi connectivity index (χ0) is 13.4. The summed E-state index contributed by atoms with van der Waals surface area (Å²) in [5.41, 5.74) is 6.77. The minimum absolute atomic E-state index is 0.189. The van der Waals surface area contributed by atoms with Gasteiger partial charge in [-0.3, -0.25) is 0 Å². The highest BCUT2D eigenvalue weighted by Gasteiger charge is 2.32. The molecule has 18 heavy (non-hydrogen) atoms. The molecule has 0 spiro atoms. The Morgan fingerprint density at radius 2 is 1.83 bits per heavy atom. The summed E-state index contributed by atoms with van der Waals surface area (Å²) in [7, 11) is 0. The Balaban J connectivity index is 2.37. The van der Waals surface area contributed by atoms with Gasteiger partial charge in [0.1, 0.15) is 5.82 Å². The second kappa shape index (κ2) is 5.24. The lowest BCUT2D eigenvalue weighted by molar-refractivity contribution is 0.315. The Bertz CT molecular complexity index is 430. The molecule has 1 heterocycles. The lowest BCUT2D eigenvalue weighted by atomic mass is 9.87. The molecular weight excluding hydrogens is 274 g/mol. The molecule has 0 radical (unpaired) electrons. The molecule has 0 aromatic heterocycles. The molecule has 3 unspecified atom stereocenters. The number of anilines is 1. The zero-order valence-electron chi connectivity index (χ0n) is 10.5. The van der Waals surface area contributed by atoms with Gasteiger partial charge in [0.05, 0.1) is 15.7 Å². The van der Waals surface area contributed by atoms with Crippen LogP contribution in [0.15, 0.2) is 12.1 Å². The smallest absolute Gasteiger partial charge is 0.126 e. The molecule has 1 aromatic carbocycles.